The van der Waals surface area contributed by atoms with Crippen LogP contribution in [-0.2, 0) is 11.2 Å². The van der Waals surface area contributed by atoms with Gasteiger partial charge in [-0.1, -0.05) is 30.7 Å². The molecule has 4 nitrogen and oxygen atoms in total. The second kappa shape index (κ2) is 4.94. The highest BCUT2D eigenvalue weighted by Crippen LogP contribution is 2.32. The van der Waals surface area contributed by atoms with Crippen molar-refractivity contribution in [1.29, 1.82) is 0 Å². The van der Waals surface area contributed by atoms with Crippen LogP contribution in [0.25, 0.3) is 0 Å². The molecule has 0 bridgehead atoms. The molecule has 1 amide bonds. The third kappa shape index (κ3) is 2.26. The molecule has 0 aliphatic heterocycles. The van der Waals surface area contributed by atoms with Gasteiger partial charge in [0.15, 0.2) is 0 Å². The van der Waals surface area contributed by atoms with Crippen LogP contribution >= 0.6 is 0 Å². The van der Waals surface area contributed by atoms with Crippen LogP contribution in [0.1, 0.15) is 36.4 Å². The van der Waals surface area contributed by atoms with Crippen LogP contribution in [0.15, 0.2) is 24.3 Å². The van der Waals surface area contributed by atoms with Crippen molar-refractivity contribution < 1.29 is 9.90 Å². The minimum atomic E-state index is -0.529. The summed E-state index contributed by atoms with van der Waals surface area (Å²) in [5, 5.41) is 13.1. The number of hydrogen-bond donors (Lipinski definition) is 3. The van der Waals surface area contributed by atoms with Crippen molar-refractivity contribution in [2.24, 2.45) is 11.7 Å². The van der Waals surface area contributed by atoms with Gasteiger partial charge in [-0.05, 0) is 24.0 Å². The SMILES string of the molecule is NC1CCCC1C(=O)N[C@@H]1c2ccccc2C[C@@H]1O. The summed E-state index contributed by atoms with van der Waals surface area (Å²) in [5.41, 5.74) is 8.12. The first-order valence-corrected chi connectivity index (χ1v) is 6.98. The van der Waals surface area contributed by atoms with Gasteiger partial charge in [-0.25, -0.2) is 0 Å². The Morgan fingerprint density at radius 2 is 2.11 bits per heavy atom. The minimum Gasteiger partial charge on any atom is -0.390 e. The number of hydrogen-bond acceptors (Lipinski definition) is 3. The fourth-order valence-corrected chi connectivity index (χ4v) is 3.32. The lowest BCUT2D eigenvalue weighted by Gasteiger charge is -2.22. The molecule has 1 fully saturated rings. The molecule has 4 N–H and O–H groups in total. The summed E-state index contributed by atoms with van der Waals surface area (Å²) in [6, 6.07) is 7.57. The van der Waals surface area contributed by atoms with Crippen LogP contribution in [0, 0.1) is 5.92 Å². The van der Waals surface area contributed by atoms with E-state index in [1.54, 1.807) is 0 Å². The molecule has 1 saturated carbocycles. The van der Waals surface area contributed by atoms with Crippen molar-refractivity contribution in [2.75, 3.05) is 0 Å². The van der Waals surface area contributed by atoms with Crippen molar-refractivity contribution in [1.82, 2.24) is 5.32 Å². The fraction of sp³-hybridized carbons (Fsp3) is 0.533. The Labute approximate surface area is 113 Å². The van der Waals surface area contributed by atoms with Gasteiger partial charge in [0.25, 0.3) is 0 Å². The molecular weight excluding hydrogens is 240 g/mol. The first-order chi connectivity index (χ1) is 9.16. The summed E-state index contributed by atoms with van der Waals surface area (Å²) in [7, 11) is 0. The maximum absolute atomic E-state index is 12.3. The molecule has 0 spiro atoms. The van der Waals surface area contributed by atoms with Gasteiger partial charge in [0.1, 0.15) is 0 Å². The summed E-state index contributed by atoms with van der Waals surface area (Å²) in [5.74, 6) is -0.106. The van der Waals surface area contributed by atoms with Crippen LogP contribution in [0.5, 0.6) is 0 Å². The number of rotatable bonds is 2. The molecule has 4 heteroatoms. The predicted molar refractivity (Wildman–Crippen MR) is 72.4 cm³/mol. The van der Waals surface area contributed by atoms with Gasteiger partial charge >= 0.3 is 0 Å². The number of aliphatic hydroxyl groups excluding tert-OH is 1. The van der Waals surface area contributed by atoms with E-state index in [4.69, 9.17) is 5.73 Å². The van der Waals surface area contributed by atoms with E-state index in [1.807, 2.05) is 24.3 Å². The topological polar surface area (TPSA) is 75.4 Å². The third-order valence-corrected chi connectivity index (χ3v) is 4.41. The standard InChI is InChI=1S/C15H20N2O2/c16-12-7-3-6-11(12)15(19)17-14-10-5-2-1-4-9(10)8-13(14)18/h1-2,4-5,11-14,18H,3,6-8,16H2,(H,17,19)/t11?,12?,13-,14+/m0/s1. The van der Waals surface area contributed by atoms with Gasteiger partial charge in [-0.15, -0.1) is 0 Å². The molecule has 19 heavy (non-hydrogen) atoms. The van der Waals surface area contributed by atoms with E-state index in [0.29, 0.717) is 6.42 Å². The number of benzene rings is 1. The monoisotopic (exact) mass is 260 g/mol. The Kier molecular flexibility index (Phi) is 3.29. The highest BCUT2D eigenvalue weighted by atomic mass is 16.3. The molecule has 3 rings (SSSR count). The fourth-order valence-electron chi connectivity index (χ4n) is 3.32. The number of carbonyl (C=O) groups excluding carboxylic acids is 1. The van der Waals surface area contributed by atoms with Gasteiger partial charge in [0, 0.05) is 12.5 Å². The van der Waals surface area contributed by atoms with E-state index < -0.39 is 6.10 Å². The molecule has 2 aliphatic carbocycles. The maximum atomic E-state index is 12.3. The van der Waals surface area contributed by atoms with Gasteiger partial charge < -0.3 is 16.2 Å². The summed E-state index contributed by atoms with van der Waals surface area (Å²) >= 11 is 0. The quantitative estimate of drug-likeness (QED) is 0.739. The second-order valence-electron chi connectivity index (χ2n) is 5.66. The Bertz CT molecular complexity index is 489. The normalized spacial score (nSPS) is 33.2. The predicted octanol–water partition coefficient (Wildman–Crippen LogP) is 0.888. The molecule has 102 valence electrons. The molecule has 0 radical (unpaired) electrons. The molecule has 2 aliphatic rings. The zero-order valence-electron chi connectivity index (χ0n) is 10.9. The Morgan fingerprint density at radius 3 is 2.84 bits per heavy atom. The molecule has 0 aromatic heterocycles. The zero-order chi connectivity index (χ0) is 13.4. The lowest BCUT2D eigenvalue weighted by molar-refractivity contribution is -0.126. The van der Waals surface area contributed by atoms with E-state index >= 15 is 0 Å². The lowest BCUT2D eigenvalue weighted by atomic mass is 10.0. The first kappa shape index (κ1) is 12.6. The van der Waals surface area contributed by atoms with E-state index in [1.165, 1.54) is 0 Å². The lowest BCUT2D eigenvalue weighted by Crippen LogP contribution is -2.42. The molecule has 1 aromatic rings. The van der Waals surface area contributed by atoms with Crippen molar-refractivity contribution in [3.63, 3.8) is 0 Å². The highest BCUT2D eigenvalue weighted by molar-refractivity contribution is 5.80. The van der Waals surface area contributed by atoms with Crippen molar-refractivity contribution in [2.45, 2.75) is 43.9 Å². The molecule has 0 heterocycles. The third-order valence-electron chi connectivity index (χ3n) is 4.41. The van der Waals surface area contributed by atoms with Crippen molar-refractivity contribution in [3.8, 4) is 0 Å². The number of amides is 1. The number of aliphatic hydroxyl groups is 1. The molecule has 4 atom stereocenters. The highest BCUT2D eigenvalue weighted by Gasteiger charge is 2.36. The molecular formula is C15H20N2O2. The summed E-state index contributed by atoms with van der Waals surface area (Å²) < 4.78 is 0. The van der Waals surface area contributed by atoms with E-state index in [9.17, 15) is 9.90 Å². The van der Waals surface area contributed by atoms with Gasteiger partial charge in [-0.2, -0.15) is 0 Å². The number of nitrogens with two attached hydrogens (primary N) is 1. The van der Waals surface area contributed by atoms with Crippen LogP contribution in [-0.4, -0.2) is 23.2 Å². The van der Waals surface area contributed by atoms with E-state index in [0.717, 1.165) is 30.4 Å². The van der Waals surface area contributed by atoms with Crippen molar-refractivity contribution >= 4 is 5.91 Å². The van der Waals surface area contributed by atoms with E-state index in [-0.39, 0.29) is 23.9 Å². The smallest absolute Gasteiger partial charge is 0.225 e. The summed E-state index contributed by atoms with van der Waals surface area (Å²) in [6.07, 6.45) is 2.87. The zero-order valence-corrected chi connectivity index (χ0v) is 10.9. The average molecular weight is 260 g/mol. The van der Waals surface area contributed by atoms with Crippen molar-refractivity contribution in [3.05, 3.63) is 35.4 Å². The van der Waals surface area contributed by atoms with Gasteiger partial charge in [-0.3, -0.25) is 4.79 Å². The molecule has 0 saturated heterocycles. The Morgan fingerprint density at radius 1 is 1.32 bits per heavy atom. The number of carbonyl (C=O) groups is 1. The van der Waals surface area contributed by atoms with Gasteiger partial charge in [0.2, 0.25) is 5.91 Å². The molecule has 2 unspecified atom stereocenters. The summed E-state index contributed by atoms with van der Waals surface area (Å²) in [6.45, 7) is 0. The number of fused-ring (bicyclic) bond motifs is 1. The first-order valence-electron chi connectivity index (χ1n) is 6.98. The Balaban J connectivity index is 1.75. The van der Waals surface area contributed by atoms with Gasteiger partial charge in [0.05, 0.1) is 18.1 Å². The maximum Gasteiger partial charge on any atom is 0.225 e. The number of nitrogens with one attached hydrogen (secondary N) is 1. The molecule has 1 aromatic carbocycles. The average Bonchev–Trinajstić information content (AvgIpc) is 2.94. The van der Waals surface area contributed by atoms with Crippen LogP contribution in [0.2, 0.25) is 0 Å². The largest absolute Gasteiger partial charge is 0.390 e. The second-order valence-corrected chi connectivity index (χ2v) is 5.66. The minimum absolute atomic E-state index is 0.00856. The Hall–Kier alpha value is -1.39. The summed E-state index contributed by atoms with van der Waals surface area (Å²) in [4.78, 5) is 12.3. The van der Waals surface area contributed by atoms with Crippen LogP contribution in [0.3, 0.4) is 0 Å². The van der Waals surface area contributed by atoms with Crippen LogP contribution < -0.4 is 11.1 Å². The van der Waals surface area contributed by atoms with E-state index in [2.05, 4.69) is 5.32 Å². The van der Waals surface area contributed by atoms with Crippen LogP contribution in [0.4, 0.5) is 0 Å².